The summed E-state index contributed by atoms with van der Waals surface area (Å²) in [6.45, 7) is 0.230. The number of sulfonamides is 1. The molecule has 1 aromatic carbocycles. The van der Waals surface area contributed by atoms with Crippen molar-refractivity contribution in [3.8, 4) is 0 Å². The minimum atomic E-state index is -3.27. The van der Waals surface area contributed by atoms with E-state index in [-0.39, 0.29) is 6.61 Å². The third kappa shape index (κ3) is 4.62. The van der Waals surface area contributed by atoms with E-state index in [1.165, 1.54) is 0 Å². The maximum absolute atomic E-state index is 10.6. The van der Waals surface area contributed by atoms with Crippen molar-refractivity contribution in [3.05, 3.63) is 35.9 Å². The van der Waals surface area contributed by atoms with E-state index in [4.69, 9.17) is 4.84 Å². The molecule has 0 unspecified atom stereocenters. The number of nitrogens with one attached hydrogen (secondary N) is 1. The lowest BCUT2D eigenvalue weighted by molar-refractivity contribution is 0.0800. The van der Waals surface area contributed by atoms with Crippen LogP contribution < -0.4 is 4.89 Å². The van der Waals surface area contributed by atoms with Crippen molar-refractivity contribution in [2.45, 2.75) is 6.61 Å². The Morgan fingerprint density at radius 1 is 1.31 bits per heavy atom. The van der Waals surface area contributed by atoms with E-state index in [9.17, 15) is 8.42 Å². The van der Waals surface area contributed by atoms with Gasteiger partial charge in [0, 0.05) is 0 Å². The molecule has 0 bridgehead atoms. The van der Waals surface area contributed by atoms with Crippen LogP contribution >= 0.6 is 0 Å². The van der Waals surface area contributed by atoms with Crippen LogP contribution in [0, 0.1) is 0 Å². The minimum absolute atomic E-state index is 0.230. The first-order valence-electron chi connectivity index (χ1n) is 3.70. The zero-order chi connectivity index (χ0) is 9.73. The lowest BCUT2D eigenvalue weighted by Crippen LogP contribution is -2.21. The molecule has 0 saturated heterocycles. The van der Waals surface area contributed by atoms with Gasteiger partial charge in [0.2, 0.25) is 10.0 Å². The van der Waals surface area contributed by atoms with Crippen LogP contribution in [0.15, 0.2) is 30.3 Å². The number of rotatable bonds is 4. The predicted molar refractivity (Wildman–Crippen MR) is 49.2 cm³/mol. The first-order chi connectivity index (χ1) is 6.08. The van der Waals surface area contributed by atoms with Crippen molar-refractivity contribution in [2.24, 2.45) is 0 Å². The summed E-state index contributed by atoms with van der Waals surface area (Å²) in [7, 11) is -3.27. The molecule has 0 aliphatic carbocycles. The molecule has 0 aliphatic rings. The Kier molecular flexibility index (Phi) is 3.41. The third-order valence-electron chi connectivity index (χ3n) is 1.29. The molecule has 0 amide bonds. The number of hydrogen-bond donors (Lipinski definition) is 1. The van der Waals surface area contributed by atoms with E-state index in [1.54, 1.807) is 0 Å². The Hall–Kier alpha value is -0.910. The zero-order valence-electron chi connectivity index (χ0n) is 7.23. The standard InChI is InChI=1S/C8H11NO3S/c1-13(10,11)9-12-7-8-5-3-2-4-6-8/h2-6,9H,7H2,1H3. The molecule has 72 valence electrons. The fourth-order valence-corrected chi connectivity index (χ4v) is 1.07. The van der Waals surface area contributed by atoms with Crippen molar-refractivity contribution in [1.29, 1.82) is 0 Å². The molecule has 1 rings (SSSR count). The molecule has 0 saturated carbocycles. The molecule has 0 spiro atoms. The van der Waals surface area contributed by atoms with Crippen LogP contribution in [0.2, 0.25) is 0 Å². The SMILES string of the molecule is CS(=O)(=O)NOCc1ccccc1. The first kappa shape index (κ1) is 10.2. The summed E-state index contributed by atoms with van der Waals surface area (Å²) < 4.78 is 21.2. The van der Waals surface area contributed by atoms with Crippen LogP contribution in [0.3, 0.4) is 0 Å². The molecule has 0 atom stereocenters. The van der Waals surface area contributed by atoms with Gasteiger partial charge >= 0.3 is 0 Å². The molecule has 0 radical (unpaired) electrons. The Labute approximate surface area is 77.5 Å². The highest BCUT2D eigenvalue weighted by molar-refractivity contribution is 7.88. The summed E-state index contributed by atoms with van der Waals surface area (Å²) >= 11 is 0. The van der Waals surface area contributed by atoms with Crippen molar-refractivity contribution >= 4 is 10.0 Å². The molecule has 1 N–H and O–H groups in total. The Morgan fingerprint density at radius 2 is 1.92 bits per heavy atom. The molecule has 13 heavy (non-hydrogen) atoms. The topological polar surface area (TPSA) is 55.4 Å². The van der Waals surface area contributed by atoms with E-state index >= 15 is 0 Å². The molecule has 0 aromatic heterocycles. The molecule has 0 heterocycles. The monoisotopic (exact) mass is 201 g/mol. The van der Waals surface area contributed by atoms with Gasteiger partial charge in [-0.05, 0) is 5.56 Å². The van der Waals surface area contributed by atoms with Gasteiger partial charge in [0.05, 0.1) is 12.9 Å². The van der Waals surface area contributed by atoms with E-state index in [2.05, 4.69) is 0 Å². The summed E-state index contributed by atoms with van der Waals surface area (Å²) in [5, 5.41) is 0. The van der Waals surface area contributed by atoms with Crippen LogP contribution in [0.1, 0.15) is 5.56 Å². The van der Waals surface area contributed by atoms with Crippen molar-refractivity contribution in [1.82, 2.24) is 4.89 Å². The smallest absolute Gasteiger partial charge is 0.230 e. The van der Waals surface area contributed by atoms with Crippen molar-refractivity contribution in [2.75, 3.05) is 6.26 Å². The minimum Gasteiger partial charge on any atom is -0.282 e. The zero-order valence-corrected chi connectivity index (χ0v) is 8.04. The molecular weight excluding hydrogens is 190 g/mol. The normalized spacial score (nSPS) is 11.5. The highest BCUT2D eigenvalue weighted by atomic mass is 32.2. The van der Waals surface area contributed by atoms with Gasteiger partial charge in [-0.3, -0.25) is 4.84 Å². The lowest BCUT2D eigenvalue weighted by atomic mass is 10.2. The van der Waals surface area contributed by atoms with Crippen molar-refractivity contribution < 1.29 is 13.3 Å². The van der Waals surface area contributed by atoms with Crippen LogP contribution in [0.25, 0.3) is 0 Å². The second-order valence-electron chi connectivity index (χ2n) is 2.63. The second kappa shape index (κ2) is 4.36. The van der Waals surface area contributed by atoms with Crippen LogP contribution in [0.4, 0.5) is 0 Å². The van der Waals surface area contributed by atoms with Gasteiger partial charge in [-0.2, -0.15) is 0 Å². The van der Waals surface area contributed by atoms with Gasteiger partial charge in [-0.1, -0.05) is 35.2 Å². The van der Waals surface area contributed by atoms with Gasteiger partial charge < -0.3 is 0 Å². The fourth-order valence-electron chi connectivity index (χ4n) is 0.794. The molecule has 0 fully saturated rings. The van der Waals surface area contributed by atoms with Gasteiger partial charge in [0.15, 0.2) is 0 Å². The van der Waals surface area contributed by atoms with Crippen LogP contribution in [-0.2, 0) is 21.5 Å². The maximum Gasteiger partial charge on any atom is 0.230 e. The maximum atomic E-state index is 10.6. The van der Waals surface area contributed by atoms with Gasteiger partial charge in [-0.25, -0.2) is 8.42 Å². The average Bonchev–Trinajstić information content (AvgIpc) is 2.04. The first-order valence-corrected chi connectivity index (χ1v) is 5.59. The molecule has 4 nitrogen and oxygen atoms in total. The summed E-state index contributed by atoms with van der Waals surface area (Å²) in [4.78, 5) is 6.69. The van der Waals surface area contributed by atoms with E-state index in [0.717, 1.165) is 11.8 Å². The molecular formula is C8H11NO3S. The number of hydrogen-bond acceptors (Lipinski definition) is 3. The highest BCUT2D eigenvalue weighted by Gasteiger charge is 1.99. The Balaban J connectivity index is 2.37. The second-order valence-corrected chi connectivity index (χ2v) is 4.34. The van der Waals surface area contributed by atoms with E-state index < -0.39 is 10.0 Å². The molecule has 5 heteroatoms. The largest absolute Gasteiger partial charge is 0.282 e. The van der Waals surface area contributed by atoms with Crippen molar-refractivity contribution in [3.63, 3.8) is 0 Å². The summed E-state index contributed by atoms with van der Waals surface area (Å²) in [6.07, 6.45) is 1.04. The summed E-state index contributed by atoms with van der Waals surface area (Å²) in [5.74, 6) is 0. The average molecular weight is 201 g/mol. The Bertz CT molecular complexity index is 347. The third-order valence-corrected chi connectivity index (χ3v) is 1.71. The molecule has 0 aliphatic heterocycles. The van der Waals surface area contributed by atoms with E-state index in [0.29, 0.717) is 0 Å². The quantitative estimate of drug-likeness (QED) is 0.728. The lowest BCUT2D eigenvalue weighted by Gasteiger charge is -2.02. The Morgan fingerprint density at radius 3 is 2.46 bits per heavy atom. The van der Waals surface area contributed by atoms with E-state index in [1.807, 2.05) is 35.2 Å². The van der Waals surface area contributed by atoms with Crippen LogP contribution in [-0.4, -0.2) is 14.7 Å². The fraction of sp³-hybridized carbons (Fsp3) is 0.250. The summed E-state index contributed by atoms with van der Waals surface area (Å²) in [6, 6.07) is 9.31. The van der Waals surface area contributed by atoms with Crippen LogP contribution in [0.5, 0.6) is 0 Å². The van der Waals surface area contributed by atoms with Gasteiger partial charge in [-0.15, -0.1) is 0 Å². The van der Waals surface area contributed by atoms with Gasteiger partial charge in [0.25, 0.3) is 0 Å². The van der Waals surface area contributed by atoms with Gasteiger partial charge in [0.1, 0.15) is 0 Å². The number of benzene rings is 1. The summed E-state index contributed by atoms with van der Waals surface area (Å²) in [5.41, 5.74) is 0.915. The molecule has 1 aromatic rings. The predicted octanol–water partition coefficient (Wildman–Crippen LogP) is 0.667. The highest BCUT2D eigenvalue weighted by Crippen LogP contribution is 1.98.